The van der Waals surface area contributed by atoms with Gasteiger partial charge in [-0.25, -0.2) is 0 Å². The van der Waals surface area contributed by atoms with Crippen LogP contribution in [-0.4, -0.2) is 26.4 Å². The predicted molar refractivity (Wildman–Crippen MR) is 175 cm³/mol. The number of hydrogen-bond donors (Lipinski definition) is 1. The second-order valence-electron chi connectivity index (χ2n) is 9.88. The fraction of sp³-hybridized carbons (Fsp3) is 0.0811. The first-order valence-corrected chi connectivity index (χ1v) is 14.1. The zero-order valence-electron chi connectivity index (χ0n) is 24.1. The zero-order valence-corrected chi connectivity index (χ0v) is 24.8. The van der Waals surface area contributed by atoms with E-state index in [0.29, 0.717) is 16.2 Å². The van der Waals surface area contributed by atoms with Crippen LogP contribution < -0.4 is 14.8 Å². The van der Waals surface area contributed by atoms with E-state index < -0.39 is 0 Å². The second kappa shape index (κ2) is 13.2. The Hall–Kier alpha value is -5.13. The van der Waals surface area contributed by atoms with E-state index in [9.17, 15) is 9.59 Å². The molecule has 0 spiro atoms. The van der Waals surface area contributed by atoms with Crippen LogP contribution in [0.2, 0.25) is 5.02 Å². The van der Waals surface area contributed by atoms with Gasteiger partial charge < -0.3 is 14.8 Å². The van der Waals surface area contributed by atoms with Crippen LogP contribution in [0.25, 0.3) is 33.9 Å². The molecule has 6 rings (SSSR count). The van der Waals surface area contributed by atoms with E-state index >= 15 is 0 Å². The minimum absolute atomic E-state index is 0.118. The third-order valence-electron chi connectivity index (χ3n) is 7.22. The van der Waals surface area contributed by atoms with Crippen molar-refractivity contribution < 1.29 is 19.1 Å². The lowest BCUT2D eigenvalue weighted by atomic mass is 9.97. The Bertz CT molecular complexity index is 1810. The molecule has 5 aromatic rings. The van der Waals surface area contributed by atoms with Gasteiger partial charge in [-0.15, -0.1) is 0 Å². The van der Waals surface area contributed by atoms with Crippen molar-refractivity contribution in [2.24, 2.45) is 0 Å². The van der Waals surface area contributed by atoms with Crippen molar-refractivity contribution >= 4 is 41.1 Å². The molecule has 0 atom stereocenters. The summed E-state index contributed by atoms with van der Waals surface area (Å²) in [5, 5.41) is 3.56. The van der Waals surface area contributed by atoms with E-state index in [0.717, 1.165) is 62.4 Å². The lowest BCUT2D eigenvalue weighted by molar-refractivity contribution is -0.110. The maximum Gasteiger partial charge on any atom is 0.256 e. The van der Waals surface area contributed by atoms with Gasteiger partial charge in [0.15, 0.2) is 0 Å². The minimum atomic E-state index is -0.118. The fourth-order valence-electron chi connectivity index (χ4n) is 5.05. The van der Waals surface area contributed by atoms with Crippen LogP contribution in [-0.2, 0) is 4.79 Å². The molecule has 0 radical (unpaired) electrons. The van der Waals surface area contributed by atoms with Crippen LogP contribution in [0.1, 0.15) is 27.0 Å². The number of hydrogen-bond acceptors (Lipinski definition) is 4. The summed E-state index contributed by atoms with van der Waals surface area (Å²) >= 11 is 6.27. The molecule has 0 aliphatic carbocycles. The largest absolute Gasteiger partial charge is 0.496 e. The maximum atomic E-state index is 12.5. The van der Waals surface area contributed by atoms with Crippen LogP contribution >= 0.6 is 11.6 Å². The Morgan fingerprint density at radius 2 is 1.23 bits per heavy atom. The van der Waals surface area contributed by atoms with Gasteiger partial charge in [-0.1, -0.05) is 78.3 Å². The topological polar surface area (TPSA) is 64.6 Å². The number of carbonyl (C=O) groups is 2. The molecule has 0 aromatic heterocycles. The molecule has 6 heteroatoms. The van der Waals surface area contributed by atoms with Gasteiger partial charge in [0.05, 0.1) is 14.2 Å². The van der Waals surface area contributed by atoms with Gasteiger partial charge in [0, 0.05) is 38.5 Å². The number of aldehydes is 1. The second-order valence-corrected chi connectivity index (χ2v) is 10.3. The number of halogens is 1. The number of benzene rings is 5. The maximum absolute atomic E-state index is 12.5. The lowest BCUT2D eigenvalue weighted by Gasteiger charge is -2.10. The molecule has 5 aromatic carbocycles. The fourth-order valence-corrected chi connectivity index (χ4v) is 5.20. The van der Waals surface area contributed by atoms with Gasteiger partial charge in [0.1, 0.15) is 17.8 Å². The van der Waals surface area contributed by atoms with Gasteiger partial charge in [0.25, 0.3) is 5.91 Å². The first-order valence-electron chi connectivity index (χ1n) is 13.7. The molecule has 43 heavy (non-hydrogen) atoms. The van der Waals surface area contributed by atoms with Crippen molar-refractivity contribution in [1.29, 1.82) is 0 Å². The monoisotopic (exact) mass is 587 g/mol. The van der Waals surface area contributed by atoms with Gasteiger partial charge in [-0.2, -0.15) is 0 Å². The molecule has 0 bridgehead atoms. The normalized spacial score (nSPS) is 12.6. The van der Waals surface area contributed by atoms with Gasteiger partial charge in [-0.3, -0.25) is 9.59 Å². The van der Waals surface area contributed by atoms with Crippen LogP contribution in [0, 0.1) is 6.92 Å². The number of amides is 1. The smallest absolute Gasteiger partial charge is 0.256 e. The predicted octanol–water partition coefficient (Wildman–Crippen LogP) is 8.99. The average molecular weight is 588 g/mol. The van der Waals surface area contributed by atoms with Crippen molar-refractivity contribution in [2.45, 2.75) is 6.92 Å². The lowest BCUT2D eigenvalue weighted by Crippen LogP contribution is -2.03. The number of methoxy groups -OCH3 is 2. The third kappa shape index (κ3) is 6.37. The molecule has 214 valence electrons. The first-order chi connectivity index (χ1) is 20.9. The molecule has 0 saturated carbocycles. The summed E-state index contributed by atoms with van der Waals surface area (Å²) in [5.41, 5.74) is 8.78. The molecule has 1 heterocycles. The molecule has 1 amide bonds. The van der Waals surface area contributed by atoms with Crippen LogP contribution in [0.15, 0.2) is 109 Å². The highest BCUT2D eigenvalue weighted by molar-refractivity contribution is 6.37. The Labute approximate surface area is 256 Å². The highest BCUT2D eigenvalue weighted by Gasteiger charge is 2.26. The van der Waals surface area contributed by atoms with Gasteiger partial charge in [0.2, 0.25) is 0 Å². The third-order valence-corrected chi connectivity index (χ3v) is 7.63. The zero-order chi connectivity index (χ0) is 30.3. The summed E-state index contributed by atoms with van der Waals surface area (Å²) in [4.78, 5) is 23.3. The SMILES string of the molecule is COc1ccc(/C=C2/C(=O)Nc3ccc(Cl)c(C)c32)cc1-c1ccccc1.COc1ccc(C=O)cc1-c1ccccc1. The van der Waals surface area contributed by atoms with Gasteiger partial charge in [-0.05, 0) is 77.7 Å². The Morgan fingerprint density at radius 3 is 1.77 bits per heavy atom. The molecule has 0 unspecified atom stereocenters. The molecule has 0 saturated heterocycles. The van der Waals surface area contributed by atoms with E-state index in [2.05, 4.69) is 5.32 Å². The molecular weight excluding hydrogens is 558 g/mol. The highest BCUT2D eigenvalue weighted by atomic mass is 35.5. The van der Waals surface area contributed by atoms with E-state index in [1.54, 1.807) is 26.4 Å². The molecule has 1 aliphatic rings. The van der Waals surface area contributed by atoms with E-state index in [4.69, 9.17) is 21.1 Å². The number of ether oxygens (including phenoxy) is 2. The first kappa shape index (κ1) is 29.4. The van der Waals surface area contributed by atoms with Crippen molar-refractivity contribution in [3.63, 3.8) is 0 Å². The van der Waals surface area contributed by atoms with Crippen LogP contribution in [0.5, 0.6) is 11.5 Å². The standard InChI is InChI=1S/C23H18ClNO2.C14H12O2/c1-14-19(24)9-10-20-22(14)18(23(26)25-20)13-15-8-11-21(27-2)17(12-15)16-6-4-3-5-7-16;1-16-14-8-7-11(10-15)9-13(14)12-5-3-2-4-6-12/h3-13H,1-2H3,(H,25,26);2-10H,1H3/b18-13+;. The van der Waals surface area contributed by atoms with E-state index in [-0.39, 0.29) is 5.91 Å². The number of rotatable bonds is 6. The Morgan fingerprint density at radius 1 is 0.698 bits per heavy atom. The van der Waals surface area contributed by atoms with Crippen LogP contribution in [0.3, 0.4) is 0 Å². The Kier molecular flexibility index (Phi) is 9.04. The van der Waals surface area contributed by atoms with Crippen molar-refractivity contribution in [3.05, 3.63) is 136 Å². The highest BCUT2D eigenvalue weighted by Crippen LogP contribution is 2.39. The average Bonchev–Trinajstić information content (AvgIpc) is 3.38. The number of anilines is 1. The van der Waals surface area contributed by atoms with Crippen molar-refractivity contribution in [1.82, 2.24) is 0 Å². The summed E-state index contributed by atoms with van der Waals surface area (Å²) in [6.45, 7) is 1.93. The summed E-state index contributed by atoms with van der Waals surface area (Å²) in [6, 6.07) is 34.9. The van der Waals surface area contributed by atoms with Crippen molar-refractivity contribution in [3.8, 4) is 33.8 Å². The Balaban J connectivity index is 0.000000196. The van der Waals surface area contributed by atoms with Crippen molar-refractivity contribution in [2.75, 3.05) is 19.5 Å². The number of nitrogens with one attached hydrogen (secondary N) is 1. The summed E-state index contributed by atoms with van der Waals surface area (Å²) in [7, 11) is 3.29. The molecule has 5 nitrogen and oxygen atoms in total. The molecule has 1 aliphatic heterocycles. The van der Waals surface area contributed by atoms with E-state index in [1.807, 2.05) is 110 Å². The number of carbonyl (C=O) groups excluding carboxylic acids is 2. The minimum Gasteiger partial charge on any atom is -0.496 e. The molecular formula is C37H30ClNO4. The summed E-state index contributed by atoms with van der Waals surface area (Å²) in [5.74, 6) is 1.45. The van der Waals surface area contributed by atoms with E-state index in [1.165, 1.54) is 0 Å². The number of fused-ring (bicyclic) bond motifs is 1. The summed E-state index contributed by atoms with van der Waals surface area (Å²) < 4.78 is 10.8. The molecule has 1 N–H and O–H groups in total. The molecule has 0 fully saturated rings. The quantitative estimate of drug-likeness (QED) is 0.159. The summed E-state index contributed by atoms with van der Waals surface area (Å²) in [6.07, 6.45) is 2.74. The van der Waals surface area contributed by atoms with Gasteiger partial charge >= 0.3 is 0 Å². The van der Waals surface area contributed by atoms with Crippen LogP contribution in [0.4, 0.5) is 5.69 Å².